The molecule has 0 atom stereocenters. The number of carboxylic acid groups (broad SMARTS) is 1. The highest BCUT2D eigenvalue weighted by atomic mass is 127. The van der Waals surface area contributed by atoms with E-state index in [0.29, 0.717) is 6.54 Å². The second kappa shape index (κ2) is 7.09. The van der Waals surface area contributed by atoms with Crippen LogP contribution in [0, 0.1) is 3.57 Å². The van der Waals surface area contributed by atoms with Crippen LogP contribution < -0.4 is 4.74 Å². The number of hydrogen-bond acceptors (Lipinski definition) is 3. The van der Waals surface area contributed by atoms with Crippen LogP contribution in [0.25, 0.3) is 0 Å². The Hall–Kier alpha value is -0.820. The van der Waals surface area contributed by atoms with E-state index in [2.05, 4.69) is 27.5 Å². The summed E-state index contributed by atoms with van der Waals surface area (Å²) in [6.07, 6.45) is 2.40. The Morgan fingerprint density at radius 2 is 2.05 bits per heavy atom. The Kier molecular flexibility index (Phi) is 5.45. The fourth-order valence-corrected chi connectivity index (χ4v) is 2.74. The molecule has 1 aliphatic rings. The van der Waals surface area contributed by atoms with Gasteiger partial charge in [-0.25, -0.2) is 0 Å². The molecule has 0 aliphatic carbocycles. The molecule has 0 amide bonds. The number of aliphatic carboxylic acids is 1. The van der Waals surface area contributed by atoms with E-state index in [0.717, 1.165) is 35.3 Å². The number of carboxylic acids is 1. The standard InChI is InChI=1S/C14H18INO3/c15-12-3-1-2-4-13(12)19-11-5-8-16(9-6-11)10-7-14(17)18/h1-4,11H,5-10H2,(H,17,18). The van der Waals surface area contributed by atoms with Crippen molar-refractivity contribution in [1.29, 1.82) is 0 Å². The number of likely N-dealkylation sites (tertiary alicyclic amines) is 1. The van der Waals surface area contributed by atoms with E-state index in [1.807, 2.05) is 24.3 Å². The Morgan fingerprint density at radius 1 is 1.37 bits per heavy atom. The van der Waals surface area contributed by atoms with Crippen LogP contribution in [0.5, 0.6) is 5.75 Å². The average Bonchev–Trinajstić information content (AvgIpc) is 2.40. The maximum Gasteiger partial charge on any atom is 0.304 e. The van der Waals surface area contributed by atoms with Crippen LogP contribution in [0.1, 0.15) is 19.3 Å². The number of rotatable bonds is 5. The van der Waals surface area contributed by atoms with Gasteiger partial charge in [-0.3, -0.25) is 4.79 Å². The normalized spacial score (nSPS) is 17.3. The second-order valence-electron chi connectivity index (χ2n) is 4.73. The summed E-state index contributed by atoms with van der Waals surface area (Å²) >= 11 is 2.28. The van der Waals surface area contributed by atoms with E-state index in [-0.39, 0.29) is 12.5 Å². The molecule has 19 heavy (non-hydrogen) atoms. The highest BCUT2D eigenvalue weighted by molar-refractivity contribution is 14.1. The third-order valence-electron chi connectivity index (χ3n) is 3.31. The first-order valence-electron chi connectivity index (χ1n) is 6.50. The molecule has 1 heterocycles. The van der Waals surface area contributed by atoms with Crippen molar-refractivity contribution in [3.63, 3.8) is 0 Å². The largest absolute Gasteiger partial charge is 0.489 e. The molecule has 1 N–H and O–H groups in total. The van der Waals surface area contributed by atoms with Gasteiger partial charge >= 0.3 is 5.97 Å². The zero-order valence-electron chi connectivity index (χ0n) is 10.7. The Morgan fingerprint density at radius 3 is 2.68 bits per heavy atom. The van der Waals surface area contributed by atoms with Crippen molar-refractivity contribution >= 4 is 28.6 Å². The Labute approximate surface area is 126 Å². The van der Waals surface area contributed by atoms with Crippen molar-refractivity contribution in [2.24, 2.45) is 0 Å². The predicted octanol–water partition coefficient (Wildman–Crippen LogP) is 2.61. The minimum atomic E-state index is -0.725. The van der Waals surface area contributed by atoms with E-state index < -0.39 is 5.97 Å². The summed E-state index contributed by atoms with van der Waals surface area (Å²) in [6.45, 7) is 2.48. The van der Waals surface area contributed by atoms with Gasteiger partial charge in [0.2, 0.25) is 0 Å². The first-order valence-corrected chi connectivity index (χ1v) is 7.58. The molecule has 1 aromatic carbocycles. The van der Waals surface area contributed by atoms with E-state index in [1.165, 1.54) is 0 Å². The summed E-state index contributed by atoms with van der Waals surface area (Å²) in [4.78, 5) is 12.7. The Balaban J connectivity index is 1.77. The molecular weight excluding hydrogens is 357 g/mol. The van der Waals surface area contributed by atoms with Gasteiger partial charge in [-0.1, -0.05) is 12.1 Å². The summed E-state index contributed by atoms with van der Waals surface area (Å²) in [7, 11) is 0. The number of hydrogen-bond donors (Lipinski definition) is 1. The zero-order chi connectivity index (χ0) is 13.7. The number of halogens is 1. The molecule has 1 aliphatic heterocycles. The lowest BCUT2D eigenvalue weighted by molar-refractivity contribution is -0.137. The molecule has 1 fully saturated rings. The van der Waals surface area contributed by atoms with Crippen molar-refractivity contribution in [1.82, 2.24) is 4.90 Å². The summed E-state index contributed by atoms with van der Waals surface area (Å²) in [5, 5.41) is 8.67. The lowest BCUT2D eigenvalue weighted by atomic mass is 10.1. The van der Waals surface area contributed by atoms with E-state index in [9.17, 15) is 4.79 Å². The number of carbonyl (C=O) groups is 1. The molecule has 0 saturated carbocycles. The number of piperidine rings is 1. The minimum Gasteiger partial charge on any atom is -0.489 e. The van der Waals surface area contributed by atoms with Gasteiger partial charge in [0.25, 0.3) is 0 Å². The molecule has 104 valence electrons. The average molecular weight is 375 g/mol. The Bertz CT molecular complexity index is 430. The molecule has 0 bridgehead atoms. The van der Waals surface area contributed by atoms with Gasteiger partial charge in [0.1, 0.15) is 11.9 Å². The maximum absolute atomic E-state index is 10.5. The number of para-hydroxylation sites is 1. The van der Waals surface area contributed by atoms with Crippen LogP contribution in [0.2, 0.25) is 0 Å². The topological polar surface area (TPSA) is 49.8 Å². The van der Waals surface area contributed by atoms with Gasteiger partial charge in [-0.2, -0.15) is 0 Å². The molecule has 2 rings (SSSR count). The van der Waals surface area contributed by atoms with Gasteiger partial charge in [-0.05, 0) is 47.6 Å². The highest BCUT2D eigenvalue weighted by Gasteiger charge is 2.21. The first-order chi connectivity index (χ1) is 9.15. The molecular formula is C14H18INO3. The van der Waals surface area contributed by atoms with Crippen molar-refractivity contribution in [2.45, 2.75) is 25.4 Å². The third kappa shape index (κ3) is 4.65. The molecule has 4 nitrogen and oxygen atoms in total. The molecule has 0 radical (unpaired) electrons. The third-order valence-corrected chi connectivity index (χ3v) is 4.20. The minimum absolute atomic E-state index is 0.224. The molecule has 1 aromatic rings. The molecule has 0 aromatic heterocycles. The van der Waals surface area contributed by atoms with Crippen molar-refractivity contribution < 1.29 is 14.6 Å². The lowest BCUT2D eigenvalue weighted by Gasteiger charge is -2.31. The van der Waals surface area contributed by atoms with Gasteiger partial charge < -0.3 is 14.7 Å². The number of ether oxygens (including phenoxy) is 1. The van der Waals surface area contributed by atoms with Gasteiger partial charge in [0.05, 0.1) is 9.99 Å². The lowest BCUT2D eigenvalue weighted by Crippen LogP contribution is -2.39. The predicted molar refractivity (Wildman–Crippen MR) is 81.5 cm³/mol. The number of nitrogens with zero attached hydrogens (tertiary/aromatic N) is 1. The molecule has 0 unspecified atom stereocenters. The molecule has 0 spiro atoms. The summed E-state index contributed by atoms with van der Waals surface area (Å²) in [5.41, 5.74) is 0. The van der Waals surface area contributed by atoms with Crippen LogP contribution in [-0.4, -0.2) is 41.7 Å². The quantitative estimate of drug-likeness (QED) is 0.804. The zero-order valence-corrected chi connectivity index (χ0v) is 12.9. The monoisotopic (exact) mass is 375 g/mol. The molecule has 1 saturated heterocycles. The van der Waals surface area contributed by atoms with Gasteiger partial charge in [0.15, 0.2) is 0 Å². The highest BCUT2D eigenvalue weighted by Crippen LogP contribution is 2.24. The smallest absolute Gasteiger partial charge is 0.304 e. The van der Waals surface area contributed by atoms with E-state index >= 15 is 0 Å². The van der Waals surface area contributed by atoms with Crippen molar-refractivity contribution in [3.8, 4) is 5.75 Å². The summed E-state index contributed by atoms with van der Waals surface area (Å²) in [6, 6.07) is 8.03. The fraction of sp³-hybridized carbons (Fsp3) is 0.500. The SMILES string of the molecule is O=C(O)CCN1CCC(Oc2ccccc2I)CC1. The summed E-state index contributed by atoms with van der Waals surface area (Å²) < 4.78 is 7.14. The fourth-order valence-electron chi connectivity index (χ4n) is 2.22. The van der Waals surface area contributed by atoms with E-state index in [1.54, 1.807) is 0 Å². The van der Waals surface area contributed by atoms with E-state index in [4.69, 9.17) is 9.84 Å². The van der Waals surface area contributed by atoms with Gasteiger partial charge in [-0.15, -0.1) is 0 Å². The summed E-state index contributed by atoms with van der Waals surface area (Å²) in [5.74, 6) is 0.226. The first kappa shape index (κ1) is 14.6. The van der Waals surface area contributed by atoms with Crippen LogP contribution in [0.3, 0.4) is 0 Å². The van der Waals surface area contributed by atoms with Crippen LogP contribution in [0.4, 0.5) is 0 Å². The maximum atomic E-state index is 10.5. The van der Waals surface area contributed by atoms with Crippen molar-refractivity contribution in [2.75, 3.05) is 19.6 Å². The van der Waals surface area contributed by atoms with Crippen molar-refractivity contribution in [3.05, 3.63) is 27.8 Å². The molecule has 5 heteroatoms. The van der Waals surface area contributed by atoms with Gasteiger partial charge in [0, 0.05) is 19.6 Å². The van der Waals surface area contributed by atoms with Crippen LogP contribution >= 0.6 is 22.6 Å². The second-order valence-corrected chi connectivity index (χ2v) is 5.90. The van der Waals surface area contributed by atoms with Crippen LogP contribution in [-0.2, 0) is 4.79 Å². The number of benzene rings is 1. The van der Waals surface area contributed by atoms with Crippen LogP contribution in [0.15, 0.2) is 24.3 Å².